The van der Waals surface area contributed by atoms with Gasteiger partial charge < -0.3 is 10.5 Å². The highest BCUT2D eigenvalue weighted by Gasteiger charge is 2.14. The third-order valence-electron chi connectivity index (χ3n) is 2.63. The van der Waals surface area contributed by atoms with Gasteiger partial charge >= 0.3 is 0 Å². The average Bonchev–Trinajstić information content (AvgIpc) is 2.44. The molecular formula is C12H18N2O. The first-order valence-corrected chi connectivity index (χ1v) is 5.44. The molecule has 1 saturated heterocycles. The van der Waals surface area contributed by atoms with E-state index in [9.17, 15) is 0 Å². The molecule has 3 heteroatoms. The Kier molecular flexibility index (Phi) is 3.72. The molecule has 0 radical (unpaired) electrons. The van der Waals surface area contributed by atoms with E-state index in [1.165, 1.54) is 5.56 Å². The number of benzene rings is 1. The smallest absolute Gasteiger partial charge is 0.0630 e. The highest BCUT2D eigenvalue weighted by atomic mass is 16.5. The molecule has 0 aliphatic carbocycles. The standard InChI is InChI=1S/C12H18N2O/c13-12-9-14(6-7-15-10-12)8-11-4-2-1-3-5-11/h1-5,12H,6-10,13H2/t12-/m0/s1. The molecule has 3 nitrogen and oxygen atoms in total. The third kappa shape index (κ3) is 3.30. The predicted octanol–water partition coefficient (Wildman–Crippen LogP) is 0.846. The molecule has 1 fully saturated rings. The molecule has 0 bridgehead atoms. The number of ether oxygens (including phenoxy) is 1. The highest BCUT2D eigenvalue weighted by Crippen LogP contribution is 2.06. The summed E-state index contributed by atoms with van der Waals surface area (Å²) in [4.78, 5) is 2.35. The number of nitrogens with zero attached hydrogens (tertiary/aromatic N) is 1. The summed E-state index contributed by atoms with van der Waals surface area (Å²) in [7, 11) is 0. The van der Waals surface area contributed by atoms with E-state index >= 15 is 0 Å². The van der Waals surface area contributed by atoms with E-state index in [2.05, 4.69) is 29.2 Å². The van der Waals surface area contributed by atoms with Crippen LogP contribution >= 0.6 is 0 Å². The largest absolute Gasteiger partial charge is 0.378 e. The molecule has 0 aromatic heterocycles. The fraction of sp³-hybridized carbons (Fsp3) is 0.500. The quantitative estimate of drug-likeness (QED) is 0.779. The molecule has 2 rings (SSSR count). The van der Waals surface area contributed by atoms with Crippen LogP contribution in [0.3, 0.4) is 0 Å². The normalized spacial score (nSPS) is 23.7. The van der Waals surface area contributed by atoms with E-state index in [0.29, 0.717) is 6.61 Å². The Labute approximate surface area is 90.8 Å². The van der Waals surface area contributed by atoms with Crippen molar-refractivity contribution in [3.63, 3.8) is 0 Å². The maximum atomic E-state index is 5.91. The summed E-state index contributed by atoms with van der Waals surface area (Å²) in [6.07, 6.45) is 0. The van der Waals surface area contributed by atoms with Crippen LogP contribution in [-0.2, 0) is 11.3 Å². The minimum Gasteiger partial charge on any atom is -0.378 e. The van der Waals surface area contributed by atoms with Crippen LogP contribution in [0.1, 0.15) is 5.56 Å². The zero-order chi connectivity index (χ0) is 10.5. The second kappa shape index (κ2) is 5.26. The van der Waals surface area contributed by atoms with E-state index in [1.54, 1.807) is 0 Å². The predicted molar refractivity (Wildman–Crippen MR) is 60.5 cm³/mol. The van der Waals surface area contributed by atoms with Gasteiger partial charge in [0.1, 0.15) is 0 Å². The molecule has 1 aliphatic heterocycles. The zero-order valence-electron chi connectivity index (χ0n) is 8.93. The fourth-order valence-electron chi connectivity index (χ4n) is 1.89. The van der Waals surface area contributed by atoms with Gasteiger partial charge in [-0.1, -0.05) is 30.3 Å². The van der Waals surface area contributed by atoms with Gasteiger partial charge in [0.2, 0.25) is 0 Å². The van der Waals surface area contributed by atoms with Crippen LogP contribution in [0.25, 0.3) is 0 Å². The Balaban J connectivity index is 1.93. The molecule has 15 heavy (non-hydrogen) atoms. The van der Waals surface area contributed by atoms with Crippen molar-refractivity contribution in [2.75, 3.05) is 26.3 Å². The Morgan fingerprint density at radius 2 is 2.13 bits per heavy atom. The minimum absolute atomic E-state index is 0.149. The minimum atomic E-state index is 0.149. The third-order valence-corrected chi connectivity index (χ3v) is 2.63. The van der Waals surface area contributed by atoms with Gasteiger partial charge in [-0.2, -0.15) is 0 Å². The molecule has 1 aromatic rings. The molecule has 1 aromatic carbocycles. The monoisotopic (exact) mass is 206 g/mol. The van der Waals surface area contributed by atoms with E-state index in [0.717, 1.165) is 26.2 Å². The first-order valence-electron chi connectivity index (χ1n) is 5.44. The topological polar surface area (TPSA) is 38.5 Å². The second-order valence-corrected chi connectivity index (χ2v) is 4.06. The average molecular weight is 206 g/mol. The van der Waals surface area contributed by atoms with Gasteiger partial charge in [0.25, 0.3) is 0 Å². The van der Waals surface area contributed by atoms with Gasteiger partial charge in [0.15, 0.2) is 0 Å². The summed E-state index contributed by atoms with van der Waals surface area (Å²) in [6, 6.07) is 10.6. The molecule has 0 amide bonds. The molecular weight excluding hydrogens is 188 g/mol. The maximum Gasteiger partial charge on any atom is 0.0630 e. The van der Waals surface area contributed by atoms with E-state index in [-0.39, 0.29) is 6.04 Å². The molecule has 2 N–H and O–H groups in total. The van der Waals surface area contributed by atoms with Crippen molar-refractivity contribution in [1.29, 1.82) is 0 Å². The SMILES string of the molecule is N[C@@H]1COCCN(Cc2ccccc2)C1. The Morgan fingerprint density at radius 3 is 2.93 bits per heavy atom. The fourth-order valence-corrected chi connectivity index (χ4v) is 1.89. The van der Waals surface area contributed by atoms with Crippen LogP contribution in [0.4, 0.5) is 0 Å². The Bertz CT molecular complexity index is 289. The van der Waals surface area contributed by atoms with Crippen LogP contribution in [0.15, 0.2) is 30.3 Å². The van der Waals surface area contributed by atoms with Gasteiger partial charge in [-0.25, -0.2) is 0 Å². The van der Waals surface area contributed by atoms with Gasteiger partial charge in [-0.15, -0.1) is 0 Å². The molecule has 1 aliphatic rings. The lowest BCUT2D eigenvalue weighted by Gasteiger charge is -2.21. The molecule has 1 atom stereocenters. The first kappa shape index (κ1) is 10.6. The molecule has 82 valence electrons. The summed E-state index contributed by atoms with van der Waals surface area (Å²) in [5.41, 5.74) is 7.25. The van der Waals surface area contributed by atoms with Crippen molar-refractivity contribution in [3.05, 3.63) is 35.9 Å². The van der Waals surface area contributed by atoms with E-state index < -0.39 is 0 Å². The summed E-state index contributed by atoms with van der Waals surface area (Å²) < 4.78 is 5.41. The van der Waals surface area contributed by atoms with Gasteiger partial charge in [0.05, 0.1) is 13.2 Å². The summed E-state index contributed by atoms with van der Waals surface area (Å²) in [6.45, 7) is 4.35. The van der Waals surface area contributed by atoms with Crippen LogP contribution in [0, 0.1) is 0 Å². The first-order chi connectivity index (χ1) is 7.34. The van der Waals surface area contributed by atoms with Crippen molar-refractivity contribution < 1.29 is 4.74 Å². The van der Waals surface area contributed by atoms with E-state index in [4.69, 9.17) is 10.5 Å². The highest BCUT2D eigenvalue weighted by molar-refractivity contribution is 5.14. The van der Waals surface area contributed by atoms with E-state index in [1.807, 2.05) is 6.07 Å². The summed E-state index contributed by atoms with van der Waals surface area (Å²) in [5.74, 6) is 0. The van der Waals surface area contributed by atoms with Crippen LogP contribution in [-0.4, -0.2) is 37.2 Å². The van der Waals surface area contributed by atoms with Crippen LogP contribution in [0.5, 0.6) is 0 Å². The molecule has 0 unspecified atom stereocenters. The van der Waals surface area contributed by atoms with Gasteiger partial charge in [0, 0.05) is 25.7 Å². The van der Waals surface area contributed by atoms with Crippen molar-refractivity contribution in [2.24, 2.45) is 5.73 Å². The Morgan fingerprint density at radius 1 is 1.33 bits per heavy atom. The van der Waals surface area contributed by atoms with Crippen LogP contribution in [0.2, 0.25) is 0 Å². The number of hydrogen-bond donors (Lipinski definition) is 1. The van der Waals surface area contributed by atoms with Crippen molar-refractivity contribution in [1.82, 2.24) is 4.90 Å². The summed E-state index contributed by atoms with van der Waals surface area (Å²) in [5, 5.41) is 0. The number of nitrogens with two attached hydrogens (primary N) is 1. The van der Waals surface area contributed by atoms with Crippen molar-refractivity contribution in [2.45, 2.75) is 12.6 Å². The lowest BCUT2D eigenvalue weighted by molar-refractivity contribution is 0.135. The summed E-state index contributed by atoms with van der Waals surface area (Å²) >= 11 is 0. The lowest BCUT2D eigenvalue weighted by atomic mass is 10.2. The molecule has 0 saturated carbocycles. The zero-order valence-corrected chi connectivity index (χ0v) is 8.93. The van der Waals surface area contributed by atoms with Gasteiger partial charge in [-0.05, 0) is 5.56 Å². The molecule has 0 spiro atoms. The van der Waals surface area contributed by atoms with Gasteiger partial charge in [-0.3, -0.25) is 4.90 Å². The van der Waals surface area contributed by atoms with Crippen molar-refractivity contribution in [3.8, 4) is 0 Å². The number of hydrogen-bond acceptors (Lipinski definition) is 3. The van der Waals surface area contributed by atoms with Crippen LogP contribution < -0.4 is 5.73 Å². The van der Waals surface area contributed by atoms with Crippen molar-refractivity contribution >= 4 is 0 Å². The maximum absolute atomic E-state index is 5.91. The number of rotatable bonds is 2. The molecule has 1 heterocycles. The lowest BCUT2D eigenvalue weighted by Crippen LogP contribution is -2.37. The Hall–Kier alpha value is -0.900. The second-order valence-electron chi connectivity index (χ2n) is 4.06.